The third kappa shape index (κ3) is 8.63. The number of benzene rings is 1. The molecule has 35 heavy (non-hydrogen) atoms. The average Bonchev–Trinajstić information content (AvgIpc) is 2.76. The van der Waals surface area contributed by atoms with Crippen LogP contribution in [0.1, 0.15) is 17.0 Å². The molecular weight excluding hydrogens is 454 g/mol. The SMILES string of the molecule is Nc1ccc(CC2CN(CC(=O)O)CCN(CC(=O)O)Cc3cccc(n3)CN2CC(=O)O)cc1. The van der Waals surface area contributed by atoms with Gasteiger partial charge >= 0.3 is 17.9 Å². The van der Waals surface area contributed by atoms with Crippen LogP contribution in [-0.2, 0) is 33.9 Å². The Balaban J connectivity index is 1.99. The number of carboxylic acid groups (broad SMARTS) is 3. The van der Waals surface area contributed by atoms with Crippen molar-refractivity contribution in [2.45, 2.75) is 25.6 Å². The number of aromatic nitrogens is 1. The minimum absolute atomic E-state index is 0.202. The number of nitrogen functional groups attached to an aromatic ring is 1. The minimum atomic E-state index is -1.01. The lowest BCUT2D eigenvalue weighted by Gasteiger charge is -2.35. The van der Waals surface area contributed by atoms with Crippen LogP contribution in [0.3, 0.4) is 0 Å². The standard InChI is InChI=1S/C24H31N5O6/c25-18-6-4-17(5-7-18)10-21-13-28(15-23(32)33)9-8-27(14-22(30)31)11-19-2-1-3-20(26-19)12-29(21)16-24(34)35/h1-7,21H,8-16,25H2,(H,30,31)(H,32,33)(H,34,35). The maximum Gasteiger partial charge on any atom is 0.317 e. The minimum Gasteiger partial charge on any atom is -0.480 e. The monoisotopic (exact) mass is 485 g/mol. The van der Waals surface area contributed by atoms with Crippen LogP contribution in [0.4, 0.5) is 5.69 Å². The molecule has 1 aromatic carbocycles. The topological polar surface area (TPSA) is 161 Å². The highest BCUT2D eigenvalue weighted by Gasteiger charge is 2.27. The molecule has 0 amide bonds. The number of hydrogen-bond acceptors (Lipinski definition) is 8. The van der Waals surface area contributed by atoms with Gasteiger partial charge in [0.25, 0.3) is 0 Å². The second-order valence-electron chi connectivity index (χ2n) is 8.75. The molecular formula is C24H31N5O6. The Hall–Kier alpha value is -3.54. The van der Waals surface area contributed by atoms with Crippen molar-refractivity contribution in [2.75, 3.05) is 45.0 Å². The van der Waals surface area contributed by atoms with Gasteiger partial charge in [-0.2, -0.15) is 0 Å². The molecule has 3 rings (SSSR count). The molecule has 2 bridgehead atoms. The average molecular weight is 486 g/mol. The van der Waals surface area contributed by atoms with E-state index in [4.69, 9.17) is 5.73 Å². The van der Waals surface area contributed by atoms with Crippen LogP contribution < -0.4 is 5.73 Å². The van der Waals surface area contributed by atoms with Crippen molar-refractivity contribution in [3.05, 3.63) is 59.4 Å². The van der Waals surface area contributed by atoms with Gasteiger partial charge in [-0.3, -0.25) is 34.1 Å². The zero-order chi connectivity index (χ0) is 25.4. The lowest BCUT2D eigenvalue weighted by molar-refractivity contribution is -0.141. The highest BCUT2D eigenvalue weighted by Crippen LogP contribution is 2.17. The molecule has 2 aromatic rings. The number of hydrogen-bond donors (Lipinski definition) is 4. The number of aliphatic carboxylic acids is 3. The molecule has 0 radical (unpaired) electrons. The lowest BCUT2D eigenvalue weighted by Crippen LogP contribution is -2.50. The zero-order valence-electron chi connectivity index (χ0n) is 19.4. The normalized spacial score (nSPS) is 18.3. The first kappa shape index (κ1) is 26.1. The van der Waals surface area contributed by atoms with Gasteiger partial charge in [0.15, 0.2) is 0 Å². The van der Waals surface area contributed by atoms with Gasteiger partial charge in [-0.1, -0.05) is 18.2 Å². The first-order valence-corrected chi connectivity index (χ1v) is 11.3. The van der Waals surface area contributed by atoms with Gasteiger partial charge in [0.1, 0.15) is 0 Å². The largest absolute Gasteiger partial charge is 0.480 e. The summed E-state index contributed by atoms with van der Waals surface area (Å²) in [5.74, 6) is -2.98. The smallest absolute Gasteiger partial charge is 0.317 e. The van der Waals surface area contributed by atoms with Gasteiger partial charge in [0, 0.05) is 44.5 Å². The first-order valence-electron chi connectivity index (χ1n) is 11.3. The maximum atomic E-state index is 11.8. The second-order valence-corrected chi connectivity index (χ2v) is 8.75. The molecule has 1 unspecified atom stereocenters. The number of carbonyl (C=O) groups is 3. The summed E-state index contributed by atoms with van der Waals surface area (Å²) in [6, 6.07) is 12.4. The summed E-state index contributed by atoms with van der Waals surface area (Å²) in [6.45, 7) is 0.754. The fourth-order valence-electron chi connectivity index (χ4n) is 4.28. The van der Waals surface area contributed by atoms with Crippen molar-refractivity contribution in [3.63, 3.8) is 0 Å². The van der Waals surface area contributed by atoms with Crippen molar-refractivity contribution >= 4 is 23.6 Å². The Morgan fingerprint density at radius 1 is 0.829 bits per heavy atom. The van der Waals surface area contributed by atoms with Crippen LogP contribution in [0.5, 0.6) is 0 Å². The van der Waals surface area contributed by atoms with E-state index in [-0.39, 0.29) is 45.3 Å². The summed E-state index contributed by atoms with van der Waals surface area (Å²) < 4.78 is 0. The predicted octanol–water partition coefficient (Wildman–Crippen LogP) is 0.449. The van der Waals surface area contributed by atoms with Crippen LogP contribution in [0.2, 0.25) is 0 Å². The number of fused-ring (bicyclic) bond motifs is 2. The van der Waals surface area contributed by atoms with Crippen LogP contribution in [0, 0.1) is 0 Å². The molecule has 2 heterocycles. The molecule has 11 nitrogen and oxygen atoms in total. The maximum absolute atomic E-state index is 11.8. The molecule has 5 N–H and O–H groups in total. The van der Waals surface area contributed by atoms with Gasteiger partial charge in [-0.15, -0.1) is 0 Å². The van der Waals surface area contributed by atoms with Crippen molar-refractivity contribution in [1.29, 1.82) is 0 Å². The molecule has 0 aliphatic carbocycles. The Morgan fingerprint density at radius 3 is 2.03 bits per heavy atom. The lowest BCUT2D eigenvalue weighted by atomic mass is 10.0. The summed E-state index contributed by atoms with van der Waals surface area (Å²) in [5, 5.41) is 28.5. The van der Waals surface area contributed by atoms with E-state index in [1.165, 1.54) is 0 Å². The van der Waals surface area contributed by atoms with Crippen molar-refractivity contribution < 1.29 is 29.7 Å². The molecule has 0 fully saturated rings. The van der Waals surface area contributed by atoms with Crippen molar-refractivity contribution in [3.8, 4) is 0 Å². The van der Waals surface area contributed by atoms with Crippen LogP contribution in [0.25, 0.3) is 0 Å². The van der Waals surface area contributed by atoms with E-state index >= 15 is 0 Å². The predicted molar refractivity (Wildman–Crippen MR) is 128 cm³/mol. The third-order valence-electron chi connectivity index (χ3n) is 5.84. The van der Waals surface area contributed by atoms with E-state index in [0.717, 1.165) is 5.56 Å². The van der Waals surface area contributed by atoms with E-state index in [9.17, 15) is 29.7 Å². The molecule has 11 heteroatoms. The van der Waals surface area contributed by atoms with Crippen LogP contribution in [0.15, 0.2) is 42.5 Å². The summed E-state index contributed by atoms with van der Waals surface area (Å²) in [4.78, 5) is 44.7. The van der Waals surface area contributed by atoms with Crippen molar-refractivity contribution in [1.82, 2.24) is 19.7 Å². The molecule has 1 aliphatic heterocycles. The number of nitrogens with zero attached hydrogens (tertiary/aromatic N) is 4. The van der Waals surface area contributed by atoms with E-state index in [2.05, 4.69) is 4.98 Å². The van der Waals surface area contributed by atoms with Crippen molar-refractivity contribution in [2.24, 2.45) is 0 Å². The molecule has 1 aromatic heterocycles. The molecule has 188 valence electrons. The van der Waals surface area contributed by atoms with Gasteiger partial charge in [-0.05, 0) is 36.2 Å². The quantitative estimate of drug-likeness (QED) is 0.384. The number of rotatable bonds is 8. The van der Waals surface area contributed by atoms with Gasteiger partial charge in [0.05, 0.1) is 31.0 Å². The Labute approximate surface area is 203 Å². The highest BCUT2D eigenvalue weighted by molar-refractivity contribution is 5.70. The molecule has 1 aliphatic rings. The van der Waals surface area contributed by atoms with Crippen LogP contribution in [-0.4, -0.2) is 98.2 Å². The Bertz CT molecular complexity index is 1030. The third-order valence-corrected chi connectivity index (χ3v) is 5.84. The van der Waals surface area contributed by atoms with E-state index in [1.54, 1.807) is 39.0 Å². The van der Waals surface area contributed by atoms with Crippen LogP contribution >= 0.6 is 0 Å². The van der Waals surface area contributed by atoms with Gasteiger partial charge in [-0.25, -0.2) is 0 Å². The van der Waals surface area contributed by atoms with Gasteiger partial charge in [0.2, 0.25) is 0 Å². The molecule has 1 atom stereocenters. The number of pyridine rings is 1. The number of nitrogens with two attached hydrogens (primary N) is 1. The highest BCUT2D eigenvalue weighted by atomic mass is 16.4. The second kappa shape index (κ2) is 12.2. The fraction of sp³-hybridized carbons (Fsp3) is 0.417. The van der Waals surface area contributed by atoms with E-state index in [1.807, 2.05) is 18.2 Å². The number of anilines is 1. The molecule has 0 saturated heterocycles. The van der Waals surface area contributed by atoms with Gasteiger partial charge < -0.3 is 21.1 Å². The van der Waals surface area contributed by atoms with E-state index < -0.39 is 17.9 Å². The molecule has 0 spiro atoms. The summed E-state index contributed by atoms with van der Waals surface area (Å²) in [5.41, 5.74) is 8.69. The first-order chi connectivity index (χ1) is 16.7. The van der Waals surface area contributed by atoms with E-state index in [0.29, 0.717) is 36.6 Å². The summed E-state index contributed by atoms with van der Waals surface area (Å²) in [7, 11) is 0. The fourth-order valence-corrected chi connectivity index (χ4v) is 4.28. The summed E-state index contributed by atoms with van der Waals surface area (Å²) in [6.07, 6.45) is 0.474. The zero-order valence-corrected chi connectivity index (χ0v) is 19.4. The Kier molecular flexibility index (Phi) is 9.12. The summed E-state index contributed by atoms with van der Waals surface area (Å²) >= 11 is 0. The Morgan fingerprint density at radius 2 is 1.40 bits per heavy atom. The number of carboxylic acids is 3. The molecule has 0 saturated carbocycles.